The molecule has 0 radical (unpaired) electrons. The Balaban J connectivity index is 1.12. The van der Waals surface area contributed by atoms with Crippen molar-refractivity contribution in [3.63, 3.8) is 0 Å². The molecule has 6 nitrogen and oxygen atoms in total. The molecule has 2 N–H and O–H groups in total. The predicted octanol–water partition coefficient (Wildman–Crippen LogP) is 3.61. The number of piperazine rings is 1. The second kappa shape index (κ2) is 10.6. The zero-order valence-electron chi connectivity index (χ0n) is 18.9. The van der Waals surface area contributed by atoms with Gasteiger partial charge in [0.1, 0.15) is 0 Å². The van der Waals surface area contributed by atoms with Crippen LogP contribution in [0, 0.1) is 11.8 Å². The number of unbranched alkanes of at least 4 members (excludes halogenated alkanes) is 1. The van der Waals surface area contributed by atoms with E-state index in [9.17, 15) is 9.59 Å². The summed E-state index contributed by atoms with van der Waals surface area (Å²) in [4.78, 5) is 29.5. The molecular formula is C26H34N4O2. The van der Waals surface area contributed by atoms with Gasteiger partial charge in [-0.05, 0) is 62.1 Å². The molecule has 2 atom stereocenters. The predicted molar refractivity (Wildman–Crippen MR) is 129 cm³/mol. The Labute approximate surface area is 191 Å². The number of anilines is 2. The lowest BCUT2D eigenvalue weighted by Gasteiger charge is -2.36. The van der Waals surface area contributed by atoms with Gasteiger partial charge < -0.3 is 15.5 Å². The summed E-state index contributed by atoms with van der Waals surface area (Å²) in [6.07, 6.45) is 2.98. The van der Waals surface area contributed by atoms with Crippen LogP contribution in [0.3, 0.4) is 0 Å². The molecule has 2 aromatic rings. The van der Waals surface area contributed by atoms with Crippen LogP contribution in [-0.2, 0) is 4.79 Å². The van der Waals surface area contributed by atoms with Crippen molar-refractivity contribution < 1.29 is 9.59 Å². The molecule has 2 aromatic carbocycles. The van der Waals surface area contributed by atoms with Crippen LogP contribution >= 0.6 is 0 Å². The quantitative estimate of drug-likeness (QED) is 0.592. The summed E-state index contributed by atoms with van der Waals surface area (Å²) in [7, 11) is 0. The van der Waals surface area contributed by atoms with Crippen LogP contribution in [0.15, 0.2) is 54.6 Å². The van der Waals surface area contributed by atoms with Crippen molar-refractivity contribution in [2.75, 3.05) is 49.5 Å². The Kier molecular flexibility index (Phi) is 7.43. The van der Waals surface area contributed by atoms with Gasteiger partial charge in [0.05, 0.1) is 0 Å². The van der Waals surface area contributed by atoms with Crippen LogP contribution in [0.4, 0.5) is 11.4 Å². The highest BCUT2D eigenvalue weighted by Crippen LogP contribution is 2.38. The smallest absolute Gasteiger partial charge is 0.251 e. The molecule has 1 saturated heterocycles. The fourth-order valence-corrected chi connectivity index (χ4v) is 4.29. The van der Waals surface area contributed by atoms with E-state index in [1.54, 1.807) is 12.1 Å². The van der Waals surface area contributed by atoms with Gasteiger partial charge in [-0.1, -0.05) is 31.2 Å². The van der Waals surface area contributed by atoms with Gasteiger partial charge in [-0.2, -0.15) is 0 Å². The lowest BCUT2D eigenvalue weighted by atomic mass is 10.1. The van der Waals surface area contributed by atoms with Gasteiger partial charge in [0, 0.05) is 55.6 Å². The second-order valence-corrected chi connectivity index (χ2v) is 9.02. The van der Waals surface area contributed by atoms with Crippen molar-refractivity contribution in [1.82, 2.24) is 10.2 Å². The molecule has 1 aliphatic heterocycles. The summed E-state index contributed by atoms with van der Waals surface area (Å²) in [5.41, 5.74) is 2.58. The van der Waals surface area contributed by atoms with Gasteiger partial charge in [0.25, 0.3) is 5.91 Å². The third-order valence-electron chi connectivity index (χ3n) is 6.52. The van der Waals surface area contributed by atoms with Gasteiger partial charge in [-0.25, -0.2) is 0 Å². The number of para-hydroxylation sites is 1. The normalized spacial score (nSPS) is 20.6. The number of carbonyl (C=O) groups is 2. The fraction of sp³-hybridized carbons (Fsp3) is 0.462. The lowest BCUT2D eigenvalue weighted by molar-refractivity contribution is -0.117. The van der Waals surface area contributed by atoms with E-state index in [0.717, 1.165) is 52.0 Å². The maximum Gasteiger partial charge on any atom is 0.251 e. The SMILES string of the molecule is C[C@H]1C[C@@H]1C(=O)Nc1cccc(C(=O)NCCCCN2CCN(c3ccccc3)CC2)c1. The molecule has 0 bridgehead atoms. The standard InChI is InChI=1S/C26H34N4O2/c1-20-18-24(20)26(32)28-22-9-7-8-21(19-22)25(31)27-12-5-6-13-29-14-16-30(17-15-29)23-10-3-2-4-11-23/h2-4,7-11,19-20,24H,5-6,12-18H2,1H3,(H,27,31)(H,28,32)/t20-,24-/m0/s1. The van der Waals surface area contributed by atoms with Crippen molar-refractivity contribution >= 4 is 23.2 Å². The van der Waals surface area contributed by atoms with Crippen molar-refractivity contribution in [3.8, 4) is 0 Å². The van der Waals surface area contributed by atoms with Crippen molar-refractivity contribution in [2.24, 2.45) is 11.8 Å². The van der Waals surface area contributed by atoms with E-state index in [0.29, 0.717) is 23.7 Å². The zero-order chi connectivity index (χ0) is 22.3. The van der Waals surface area contributed by atoms with Crippen LogP contribution in [-0.4, -0.2) is 56.0 Å². The molecule has 0 aromatic heterocycles. The number of hydrogen-bond acceptors (Lipinski definition) is 4. The first kappa shape index (κ1) is 22.3. The largest absolute Gasteiger partial charge is 0.369 e. The third kappa shape index (κ3) is 6.10. The first-order valence-electron chi connectivity index (χ1n) is 11.8. The highest BCUT2D eigenvalue weighted by Gasteiger charge is 2.39. The molecule has 1 saturated carbocycles. The van der Waals surface area contributed by atoms with Crippen LogP contribution in [0.5, 0.6) is 0 Å². The van der Waals surface area contributed by atoms with Gasteiger partial charge in [0.2, 0.25) is 5.91 Å². The molecule has 170 valence electrons. The molecular weight excluding hydrogens is 400 g/mol. The van der Waals surface area contributed by atoms with E-state index in [4.69, 9.17) is 0 Å². The van der Waals surface area contributed by atoms with Crippen LogP contribution < -0.4 is 15.5 Å². The molecule has 0 unspecified atom stereocenters. The second-order valence-electron chi connectivity index (χ2n) is 9.02. The highest BCUT2D eigenvalue weighted by atomic mass is 16.2. The molecule has 2 amide bonds. The van der Waals surface area contributed by atoms with E-state index < -0.39 is 0 Å². The number of hydrogen-bond donors (Lipinski definition) is 2. The third-order valence-corrected chi connectivity index (χ3v) is 6.52. The number of benzene rings is 2. The minimum absolute atomic E-state index is 0.0552. The zero-order valence-corrected chi connectivity index (χ0v) is 18.9. The van der Waals surface area contributed by atoms with E-state index >= 15 is 0 Å². The van der Waals surface area contributed by atoms with E-state index in [-0.39, 0.29) is 17.7 Å². The molecule has 1 heterocycles. The first-order chi connectivity index (χ1) is 15.6. The first-order valence-corrected chi connectivity index (χ1v) is 11.8. The van der Waals surface area contributed by atoms with Crippen molar-refractivity contribution in [1.29, 1.82) is 0 Å². The van der Waals surface area contributed by atoms with Crippen molar-refractivity contribution in [2.45, 2.75) is 26.2 Å². The Morgan fingerprint density at radius 1 is 0.969 bits per heavy atom. The summed E-state index contributed by atoms with van der Waals surface area (Å²) in [5, 5.41) is 5.94. The maximum atomic E-state index is 12.5. The number of carbonyl (C=O) groups excluding carboxylic acids is 2. The minimum atomic E-state index is -0.0858. The number of nitrogens with one attached hydrogen (secondary N) is 2. The Hall–Kier alpha value is -2.86. The average molecular weight is 435 g/mol. The molecule has 2 aliphatic rings. The molecule has 4 rings (SSSR count). The van der Waals surface area contributed by atoms with Gasteiger partial charge in [-0.3, -0.25) is 14.5 Å². The Bertz CT molecular complexity index is 909. The Morgan fingerprint density at radius 2 is 1.72 bits per heavy atom. The summed E-state index contributed by atoms with van der Waals surface area (Å²) in [5.74, 6) is 0.556. The molecule has 2 fully saturated rings. The maximum absolute atomic E-state index is 12.5. The van der Waals surface area contributed by atoms with Crippen molar-refractivity contribution in [3.05, 3.63) is 60.2 Å². The Morgan fingerprint density at radius 3 is 2.44 bits per heavy atom. The van der Waals surface area contributed by atoms with Gasteiger partial charge in [-0.15, -0.1) is 0 Å². The molecule has 0 spiro atoms. The minimum Gasteiger partial charge on any atom is -0.369 e. The van der Waals surface area contributed by atoms with E-state index in [1.165, 1.54) is 5.69 Å². The molecule has 6 heteroatoms. The van der Waals surface area contributed by atoms with Crippen LogP contribution in [0.2, 0.25) is 0 Å². The van der Waals surface area contributed by atoms with Crippen LogP contribution in [0.25, 0.3) is 0 Å². The van der Waals surface area contributed by atoms with E-state index in [2.05, 4.69) is 57.7 Å². The summed E-state index contributed by atoms with van der Waals surface area (Å²) < 4.78 is 0. The summed E-state index contributed by atoms with van der Waals surface area (Å²) in [6, 6.07) is 17.8. The van der Waals surface area contributed by atoms with Crippen LogP contribution in [0.1, 0.15) is 36.5 Å². The number of nitrogens with zero attached hydrogens (tertiary/aromatic N) is 2. The fourth-order valence-electron chi connectivity index (χ4n) is 4.29. The van der Waals surface area contributed by atoms with Gasteiger partial charge >= 0.3 is 0 Å². The summed E-state index contributed by atoms with van der Waals surface area (Å²) in [6.45, 7) is 8.11. The number of amides is 2. The van der Waals surface area contributed by atoms with E-state index in [1.807, 2.05) is 12.1 Å². The lowest BCUT2D eigenvalue weighted by Crippen LogP contribution is -2.46. The average Bonchev–Trinajstić information content (AvgIpc) is 3.56. The van der Waals surface area contributed by atoms with Gasteiger partial charge in [0.15, 0.2) is 0 Å². The number of rotatable bonds is 9. The summed E-state index contributed by atoms with van der Waals surface area (Å²) >= 11 is 0. The topological polar surface area (TPSA) is 64.7 Å². The molecule has 1 aliphatic carbocycles. The molecule has 32 heavy (non-hydrogen) atoms. The highest BCUT2D eigenvalue weighted by molar-refractivity contribution is 5.98. The monoisotopic (exact) mass is 434 g/mol.